The van der Waals surface area contributed by atoms with Gasteiger partial charge in [-0.2, -0.15) is 10.4 Å². The van der Waals surface area contributed by atoms with Crippen LogP contribution in [0.1, 0.15) is 16.8 Å². The van der Waals surface area contributed by atoms with Gasteiger partial charge in [0.2, 0.25) is 0 Å². The van der Waals surface area contributed by atoms with Crippen LogP contribution in [0.5, 0.6) is 0 Å². The van der Waals surface area contributed by atoms with Crippen LogP contribution in [0.15, 0.2) is 41.5 Å². The maximum absolute atomic E-state index is 8.77. The van der Waals surface area contributed by atoms with E-state index in [0.29, 0.717) is 18.7 Å². The van der Waals surface area contributed by atoms with Gasteiger partial charge in [0.25, 0.3) is 0 Å². The maximum Gasteiger partial charge on any atom is 0.191 e. The van der Waals surface area contributed by atoms with Crippen molar-refractivity contribution in [2.45, 2.75) is 13.1 Å². The van der Waals surface area contributed by atoms with Gasteiger partial charge in [-0.15, -0.1) is 0 Å². The average molecular weight is 282 g/mol. The molecule has 0 fully saturated rings. The minimum atomic E-state index is 0.650. The van der Waals surface area contributed by atoms with Crippen LogP contribution in [0.25, 0.3) is 0 Å². The van der Waals surface area contributed by atoms with E-state index in [0.717, 1.165) is 17.2 Å². The van der Waals surface area contributed by atoms with E-state index in [2.05, 4.69) is 26.8 Å². The van der Waals surface area contributed by atoms with Crippen LogP contribution in [-0.2, 0) is 20.1 Å². The third kappa shape index (κ3) is 4.08. The van der Waals surface area contributed by atoms with Crippen LogP contribution in [0, 0.1) is 11.3 Å². The number of nitriles is 1. The molecule has 0 atom stereocenters. The maximum atomic E-state index is 8.77. The molecule has 0 saturated heterocycles. The monoisotopic (exact) mass is 282 g/mol. The summed E-state index contributed by atoms with van der Waals surface area (Å²) in [5, 5.41) is 19.3. The van der Waals surface area contributed by atoms with E-state index in [1.807, 2.05) is 42.1 Å². The molecule has 2 rings (SSSR count). The zero-order valence-corrected chi connectivity index (χ0v) is 12.2. The second kappa shape index (κ2) is 7.10. The first-order valence-electron chi connectivity index (χ1n) is 6.63. The van der Waals surface area contributed by atoms with Crippen molar-refractivity contribution in [3.8, 4) is 6.07 Å². The Bertz CT molecular complexity index is 648. The molecule has 1 heterocycles. The largest absolute Gasteiger partial charge is 0.352 e. The fourth-order valence-corrected chi connectivity index (χ4v) is 1.85. The molecule has 21 heavy (non-hydrogen) atoms. The molecule has 2 aromatic rings. The third-order valence-electron chi connectivity index (χ3n) is 3.13. The van der Waals surface area contributed by atoms with Crippen molar-refractivity contribution in [1.82, 2.24) is 20.4 Å². The zero-order chi connectivity index (χ0) is 15.1. The predicted molar refractivity (Wildman–Crippen MR) is 81.4 cm³/mol. The lowest BCUT2D eigenvalue weighted by molar-refractivity contribution is 0.684. The molecular weight excluding hydrogens is 264 g/mol. The quantitative estimate of drug-likeness (QED) is 0.651. The standard InChI is InChI=1S/C15H18N6/c1-17-15(19-11-14-7-8-20-21(14)2)18-10-13-5-3-12(9-16)4-6-13/h3-8H,10-11H2,1-2H3,(H2,17,18,19). The van der Waals surface area contributed by atoms with Crippen molar-refractivity contribution in [3.63, 3.8) is 0 Å². The Morgan fingerprint density at radius 1 is 1.24 bits per heavy atom. The summed E-state index contributed by atoms with van der Waals surface area (Å²) in [6, 6.07) is 11.5. The summed E-state index contributed by atoms with van der Waals surface area (Å²) < 4.78 is 1.82. The van der Waals surface area contributed by atoms with E-state index >= 15 is 0 Å². The molecule has 0 unspecified atom stereocenters. The number of aromatic nitrogens is 2. The van der Waals surface area contributed by atoms with Crippen molar-refractivity contribution in [2.75, 3.05) is 7.05 Å². The predicted octanol–water partition coefficient (Wildman–Crippen LogP) is 1.16. The molecule has 2 N–H and O–H groups in total. The Morgan fingerprint density at radius 2 is 1.95 bits per heavy atom. The van der Waals surface area contributed by atoms with Crippen molar-refractivity contribution in [1.29, 1.82) is 5.26 Å². The van der Waals surface area contributed by atoms with E-state index < -0.39 is 0 Å². The van der Waals surface area contributed by atoms with Crippen LogP contribution in [-0.4, -0.2) is 22.8 Å². The van der Waals surface area contributed by atoms with Gasteiger partial charge in [-0.1, -0.05) is 12.1 Å². The van der Waals surface area contributed by atoms with Gasteiger partial charge in [-0.05, 0) is 23.8 Å². The Morgan fingerprint density at radius 3 is 2.52 bits per heavy atom. The summed E-state index contributed by atoms with van der Waals surface area (Å²) >= 11 is 0. The summed E-state index contributed by atoms with van der Waals surface area (Å²) in [5.74, 6) is 0.723. The van der Waals surface area contributed by atoms with Gasteiger partial charge in [-0.3, -0.25) is 9.67 Å². The van der Waals surface area contributed by atoms with E-state index in [9.17, 15) is 0 Å². The average Bonchev–Trinajstić information content (AvgIpc) is 2.93. The molecule has 0 bridgehead atoms. The van der Waals surface area contributed by atoms with Crippen molar-refractivity contribution in [3.05, 3.63) is 53.3 Å². The molecule has 0 radical (unpaired) electrons. The van der Waals surface area contributed by atoms with Gasteiger partial charge in [-0.25, -0.2) is 0 Å². The number of hydrogen-bond acceptors (Lipinski definition) is 3. The first-order valence-corrected chi connectivity index (χ1v) is 6.63. The third-order valence-corrected chi connectivity index (χ3v) is 3.13. The summed E-state index contributed by atoms with van der Waals surface area (Å²) in [5.41, 5.74) is 2.84. The van der Waals surface area contributed by atoms with Gasteiger partial charge in [0.05, 0.1) is 23.9 Å². The summed E-state index contributed by atoms with van der Waals surface area (Å²) in [4.78, 5) is 4.18. The Hall–Kier alpha value is -2.81. The highest BCUT2D eigenvalue weighted by atomic mass is 15.3. The molecule has 6 heteroatoms. The summed E-state index contributed by atoms with van der Waals surface area (Å²) in [6.45, 7) is 1.31. The van der Waals surface area contributed by atoms with Gasteiger partial charge in [0.1, 0.15) is 0 Å². The van der Waals surface area contributed by atoms with Crippen molar-refractivity contribution < 1.29 is 0 Å². The number of aliphatic imine (C=N–C) groups is 1. The minimum Gasteiger partial charge on any atom is -0.352 e. The molecule has 0 spiro atoms. The normalized spacial score (nSPS) is 11.0. The summed E-state index contributed by atoms with van der Waals surface area (Å²) in [6.07, 6.45) is 1.77. The highest BCUT2D eigenvalue weighted by Crippen LogP contribution is 2.02. The Balaban J connectivity index is 1.85. The van der Waals surface area contributed by atoms with Gasteiger partial charge >= 0.3 is 0 Å². The molecule has 1 aromatic heterocycles. The molecule has 0 saturated carbocycles. The van der Waals surface area contributed by atoms with Gasteiger partial charge < -0.3 is 10.6 Å². The number of guanidine groups is 1. The van der Waals surface area contributed by atoms with E-state index in [-0.39, 0.29) is 0 Å². The zero-order valence-electron chi connectivity index (χ0n) is 12.2. The van der Waals surface area contributed by atoms with Crippen molar-refractivity contribution in [2.24, 2.45) is 12.0 Å². The highest BCUT2D eigenvalue weighted by Gasteiger charge is 2.01. The number of hydrogen-bond donors (Lipinski definition) is 2. The molecule has 108 valence electrons. The minimum absolute atomic E-state index is 0.650. The molecule has 6 nitrogen and oxygen atoms in total. The number of rotatable bonds is 4. The lowest BCUT2D eigenvalue weighted by Gasteiger charge is -2.12. The first-order chi connectivity index (χ1) is 10.2. The molecule has 0 aliphatic rings. The second-order valence-corrected chi connectivity index (χ2v) is 4.53. The fraction of sp³-hybridized carbons (Fsp3) is 0.267. The van der Waals surface area contributed by atoms with Crippen LogP contribution in [0.3, 0.4) is 0 Å². The molecular formula is C15H18N6. The van der Waals surface area contributed by atoms with Crippen LogP contribution in [0.2, 0.25) is 0 Å². The SMILES string of the molecule is CN=C(NCc1ccc(C#N)cc1)NCc1ccnn1C. The van der Waals surface area contributed by atoms with Gasteiger partial charge in [0, 0.05) is 26.8 Å². The number of benzene rings is 1. The summed E-state index contributed by atoms with van der Waals surface area (Å²) in [7, 11) is 3.64. The lowest BCUT2D eigenvalue weighted by atomic mass is 10.1. The Kier molecular flexibility index (Phi) is 4.94. The number of nitrogens with one attached hydrogen (secondary N) is 2. The lowest BCUT2D eigenvalue weighted by Crippen LogP contribution is -2.36. The number of nitrogens with zero attached hydrogens (tertiary/aromatic N) is 4. The second-order valence-electron chi connectivity index (χ2n) is 4.53. The smallest absolute Gasteiger partial charge is 0.191 e. The van der Waals surface area contributed by atoms with E-state index in [4.69, 9.17) is 5.26 Å². The highest BCUT2D eigenvalue weighted by molar-refractivity contribution is 5.79. The van der Waals surface area contributed by atoms with Crippen LogP contribution >= 0.6 is 0 Å². The number of aryl methyl sites for hydroxylation is 1. The molecule has 0 aliphatic heterocycles. The Labute approximate surface area is 124 Å². The fourth-order valence-electron chi connectivity index (χ4n) is 1.85. The van der Waals surface area contributed by atoms with E-state index in [1.165, 1.54) is 0 Å². The molecule has 1 aromatic carbocycles. The van der Waals surface area contributed by atoms with Crippen LogP contribution < -0.4 is 10.6 Å². The van der Waals surface area contributed by atoms with Crippen molar-refractivity contribution >= 4 is 5.96 Å². The first kappa shape index (κ1) is 14.6. The molecule has 0 aliphatic carbocycles. The topological polar surface area (TPSA) is 78.0 Å². The van der Waals surface area contributed by atoms with Crippen LogP contribution in [0.4, 0.5) is 0 Å². The van der Waals surface area contributed by atoms with E-state index in [1.54, 1.807) is 13.2 Å². The van der Waals surface area contributed by atoms with Gasteiger partial charge in [0.15, 0.2) is 5.96 Å². The molecule has 0 amide bonds.